The van der Waals surface area contributed by atoms with Crippen molar-refractivity contribution >= 4 is 29.4 Å². The largest absolute Gasteiger partial charge is 0.349 e. The zero-order valence-electron chi connectivity index (χ0n) is 29.0. The van der Waals surface area contributed by atoms with E-state index in [0.29, 0.717) is 44.6 Å². The molecule has 1 heterocycles. The van der Waals surface area contributed by atoms with Gasteiger partial charge in [-0.05, 0) is 74.9 Å². The number of anilines is 1. The summed E-state index contributed by atoms with van der Waals surface area (Å²) in [5, 5.41) is 19.6. The molecule has 2 saturated carbocycles. The number of nitriles is 1. The van der Waals surface area contributed by atoms with Gasteiger partial charge in [-0.3, -0.25) is 14.4 Å². The summed E-state index contributed by atoms with van der Waals surface area (Å²) in [5.74, 6) is -8.79. The third-order valence-corrected chi connectivity index (χ3v) is 10.4. The first kappa shape index (κ1) is 37.6. The van der Waals surface area contributed by atoms with Crippen LogP contribution in [-0.2, 0) is 20.3 Å². The molecule has 3 atom stereocenters. The summed E-state index contributed by atoms with van der Waals surface area (Å²) in [4.78, 5) is 57.1. The predicted molar refractivity (Wildman–Crippen MR) is 184 cm³/mol. The van der Waals surface area contributed by atoms with Gasteiger partial charge in [-0.1, -0.05) is 44.4 Å². The first-order chi connectivity index (χ1) is 24.4. The van der Waals surface area contributed by atoms with Crippen molar-refractivity contribution in [2.24, 2.45) is 5.92 Å². The molecule has 5 amide bonds. The van der Waals surface area contributed by atoms with Crippen molar-refractivity contribution in [3.8, 4) is 6.07 Å². The average Bonchev–Trinajstić information content (AvgIpc) is 3.11. The Balaban J connectivity index is 1.32. The van der Waals surface area contributed by atoms with Gasteiger partial charge < -0.3 is 31.1 Å². The van der Waals surface area contributed by atoms with Gasteiger partial charge in [0.25, 0.3) is 5.91 Å². The van der Waals surface area contributed by atoms with Crippen LogP contribution in [0.5, 0.6) is 0 Å². The average molecular weight is 710 g/mol. The zero-order valence-corrected chi connectivity index (χ0v) is 29.0. The van der Waals surface area contributed by atoms with Crippen LogP contribution in [0.1, 0.15) is 80.9 Å². The fourth-order valence-electron chi connectivity index (χ4n) is 6.88. The van der Waals surface area contributed by atoms with E-state index >= 15 is 13.2 Å². The Morgan fingerprint density at radius 1 is 0.922 bits per heavy atom. The van der Waals surface area contributed by atoms with Crippen molar-refractivity contribution in [1.82, 2.24) is 25.8 Å². The number of carbonyl (C=O) groups excluding carboxylic acids is 4. The lowest BCUT2D eigenvalue weighted by atomic mass is 9.83. The second-order valence-corrected chi connectivity index (χ2v) is 14.0. The molecule has 3 aliphatic rings. The Labute approximate surface area is 296 Å². The summed E-state index contributed by atoms with van der Waals surface area (Å²) in [5.41, 5.74) is -0.551. The van der Waals surface area contributed by atoms with Gasteiger partial charge in [0.05, 0.1) is 17.3 Å². The van der Waals surface area contributed by atoms with Gasteiger partial charge >= 0.3 is 12.0 Å². The molecule has 0 bridgehead atoms. The Hall–Kier alpha value is -4.64. The smallest absolute Gasteiger partial charge is 0.338 e. The lowest BCUT2D eigenvalue weighted by Gasteiger charge is -2.37. The Morgan fingerprint density at radius 3 is 2.25 bits per heavy atom. The first-order valence-corrected chi connectivity index (χ1v) is 17.7. The standard InChI is InChI=1S/C37H46F3N7O4/c1-23(31(45-36(51)42-28-12-7-13-28)34(49)47-18-16-46(2)17-19-47)26-14-15-30(29(38)21-26)43-33(48)32(25-9-4-3-5-10-25)44-35(50)37(39,40)27-11-6-8-24(20-27)22-41/h6,8,11,14-15,20-21,23,25,28,31-32H,3-5,7,9-10,12-13,16-19H2,1-2H3,(H,43,48)(H,44,50)(H2,42,45,51)/t23-,31+,32-/m0/s1. The van der Waals surface area contributed by atoms with Crippen LogP contribution in [0.4, 0.5) is 23.7 Å². The Kier molecular flexibility index (Phi) is 12.2. The highest BCUT2D eigenvalue weighted by atomic mass is 19.3. The number of hydrogen-bond donors (Lipinski definition) is 4. The molecule has 2 aromatic rings. The molecule has 0 aromatic heterocycles. The Morgan fingerprint density at radius 2 is 1.63 bits per heavy atom. The fourth-order valence-corrected chi connectivity index (χ4v) is 6.88. The number of amides is 5. The molecule has 4 N–H and O–H groups in total. The lowest BCUT2D eigenvalue weighted by molar-refractivity contribution is -0.149. The third-order valence-electron chi connectivity index (χ3n) is 10.4. The van der Waals surface area contributed by atoms with E-state index in [-0.39, 0.29) is 23.2 Å². The second kappa shape index (κ2) is 16.6. The molecule has 14 heteroatoms. The molecule has 0 spiro atoms. The SMILES string of the molecule is C[C@@H](c1ccc(NC(=O)[C@@H](NC(=O)C(F)(F)c2cccc(C#N)c2)C2CCCCC2)c(F)c1)[C@@H](NC(=O)NC1CCC1)C(=O)N1CCN(C)CC1. The van der Waals surface area contributed by atoms with Gasteiger partial charge in [0, 0.05) is 43.7 Å². The number of nitrogens with zero attached hydrogens (tertiary/aromatic N) is 3. The minimum atomic E-state index is -4.04. The molecule has 1 saturated heterocycles. The molecular formula is C37H46F3N7O4. The maximum atomic E-state index is 15.7. The maximum Gasteiger partial charge on any atom is 0.349 e. The number of benzene rings is 2. The summed E-state index contributed by atoms with van der Waals surface area (Å²) in [7, 11) is 1.97. The summed E-state index contributed by atoms with van der Waals surface area (Å²) in [6.45, 7) is 4.05. The maximum absolute atomic E-state index is 15.7. The molecule has 51 heavy (non-hydrogen) atoms. The van der Waals surface area contributed by atoms with E-state index in [9.17, 15) is 19.2 Å². The van der Waals surface area contributed by atoms with E-state index < -0.39 is 59.1 Å². The predicted octanol–water partition coefficient (Wildman–Crippen LogP) is 4.59. The molecule has 11 nitrogen and oxygen atoms in total. The molecule has 274 valence electrons. The van der Waals surface area contributed by atoms with E-state index in [1.165, 1.54) is 24.3 Å². The van der Waals surface area contributed by atoms with Crippen LogP contribution >= 0.6 is 0 Å². The molecule has 2 aliphatic carbocycles. The van der Waals surface area contributed by atoms with Crippen LogP contribution in [0.3, 0.4) is 0 Å². The van der Waals surface area contributed by atoms with Crippen molar-refractivity contribution in [1.29, 1.82) is 5.26 Å². The molecule has 0 unspecified atom stereocenters. The highest BCUT2D eigenvalue weighted by Crippen LogP contribution is 2.32. The molecule has 3 fully saturated rings. The van der Waals surface area contributed by atoms with E-state index in [1.54, 1.807) is 24.0 Å². The summed E-state index contributed by atoms with van der Waals surface area (Å²) in [6, 6.07) is 7.58. The van der Waals surface area contributed by atoms with E-state index in [1.807, 2.05) is 7.05 Å². The number of nitrogens with one attached hydrogen (secondary N) is 4. The van der Waals surface area contributed by atoms with Gasteiger partial charge in [0.2, 0.25) is 11.8 Å². The fraction of sp³-hybridized carbons (Fsp3) is 0.541. The number of rotatable bonds is 11. The minimum Gasteiger partial charge on any atom is -0.338 e. The molecule has 0 radical (unpaired) electrons. The molecular weight excluding hydrogens is 663 g/mol. The van der Waals surface area contributed by atoms with Crippen LogP contribution < -0.4 is 21.3 Å². The molecule has 5 rings (SSSR count). The first-order valence-electron chi connectivity index (χ1n) is 17.7. The van der Waals surface area contributed by atoms with E-state index in [2.05, 4.69) is 26.2 Å². The van der Waals surface area contributed by atoms with E-state index in [4.69, 9.17) is 5.26 Å². The number of hydrogen-bond acceptors (Lipinski definition) is 6. The summed E-state index contributed by atoms with van der Waals surface area (Å²) < 4.78 is 46.4. The summed E-state index contributed by atoms with van der Waals surface area (Å²) in [6.07, 6.45) is 6.16. The van der Waals surface area contributed by atoms with Crippen molar-refractivity contribution < 1.29 is 32.3 Å². The van der Waals surface area contributed by atoms with Crippen molar-refractivity contribution in [2.45, 2.75) is 88.3 Å². The minimum absolute atomic E-state index is 0.0440. The van der Waals surface area contributed by atoms with Gasteiger partial charge in [0.15, 0.2) is 0 Å². The lowest BCUT2D eigenvalue weighted by Crippen LogP contribution is -2.58. The summed E-state index contributed by atoms with van der Waals surface area (Å²) >= 11 is 0. The monoisotopic (exact) mass is 709 g/mol. The van der Waals surface area contributed by atoms with E-state index in [0.717, 1.165) is 50.7 Å². The van der Waals surface area contributed by atoms with Crippen LogP contribution in [-0.4, -0.2) is 84.9 Å². The number of halogens is 3. The van der Waals surface area contributed by atoms with Crippen LogP contribution in [0.15, 0.2) is 42.5 Å². The third kappa shape index (κ3) is 9.18. The van der Waals surface area contributed by atoms with Gasteiger partial charge in [-0.2, -0.15) is 14.0 Å². The number of urea groups is 1. The van der Waals surface area contributed by atoms with Gasteiger partial charge in [-0.15, -0.1) is 0 Å². The van der Waals surface area contributed by atoms with Gasteiger partial charge in [0.1, 0.15) is 17.9 Å². The van der Waals surface area contributed by atoms with Crippen LogP contribution in [0, 0.1) is 23.1 Å². The van der Waals surface area contributed by atoms with Crippen molar-refractivity contribution in [2.75, 3.05) is 38.5 Å². The normalized spacial score (nSPS) is 19.1. The number of piperazine rings is 1. The Bertz CT molecular complexity index is 1630. The molecule has 2 aromatic carbocycles. The number of alkyl halides is 2. The topological polar surface area (TPSA) is 147 Å². The van der Waals surface area contributed by atoms with Gasteiger partial charge in [-0.25, -0.2) is 9.18 Å². The highest BCUT2D eigenvalue weighted by molar-refractivity contribution is 5.98. The second-order valence-electron chi connectivity index (χ2n) is 14.0. The zero-order chi connectivity index (χ0) is 36.7. The number of likely N-dealkylation sites (N-methyl/N-ethyl adjacent to an activating group) is 1. The van der Waals surface area contributed by atoms with Crippen LogP contribution in [0.25, 0.3) is 0 Å². The number of carbonyl (C=O) groups is 4. The molecule has 1 aliphatic heterocycles. The van der Waals surface area contributed by atoms with Crippen molar-refractivity contribution in [3.05, 3.63) is 65.0 Å². The van der Waals surface area contributed by atoms with Crippen molar-refractivity contribution in [3.63, 3.8) is 0 Å². The quantitative estimate of drug-likeness (QED) is 0.269. The van der Waals surface area contributed by atoms with Crippen LogP contribution in [0.2, 0.25) is 0 Å². The highest BCUT2D eigenvalue weighted by Gasteiger charge is 2.44.